The highest BCUT2D eigenvalue weighted by Gasteiger charge is 2.16. The Kier molecular flexibility index (Phi) is 3.86. The number of rotatable bonds is 3. The topological polar surface area (TPSA) is 83.1 Å². The van der Waals surface area contributed by atoms with Crippen molar-refractivity contribution in [2.75, 3.05) is 0 Å². The number of hydrogen-bond donors (Lipinski definition) is 2. The normalized spacial score (nSPS) is 11.4. The van der Waals surface area contributed by atoms with Crippen LogP contribution < -0.4 is 0 Å². The Balaban J connectivity index is 1.51. The molecule has 2 N–H and O–H groups in total. The second kappa shape index (κ2) is 6.84. The molecule has 6 nitrogen and oxygen atoms in total. The van der Waals surface area contributed by atoms with Crippen LogP contribution in [-0.4, -0.2) is 30.1 Å². The largest absolute Gasteiger partial charge is 0.336 e. The van der Waals surface area contributed by atoms with Crippen LogP contribution in [-0.2, 0) is 0 Å². The van der Waals surface area contributed by atoms with Gasteiger partial charge in [0.25, 0.3) is 0 Å². The van der Waals surface area contributed by atoms with Gasteiger partial charge in [0.2, 0.25) is 0 Å². The van der Waals surface area contributed by atoms with Crippen LogP contribution in [0.25, 0.3) is 56.0 Å². The molecule has 0 amide bonds. The summed E-state index contributed by atoms with van der Waals surface area (Å²) in [6.45, 7) is 0. The lowest BCUT2D eigenvalue weighted by Crippen LogP contribution is -1.87. The van der Waals surface area contributed by atoms with Gasteiger partial charge in [0.05, 0.1) is 22.2 Å². The predicted molar refractivity (Wildman–Crippen MR) is 118 cm³/mol. The molecule has 4 aromatic heterocycles. The summed E-state index contributed by atoms with van der Waals surface area (Å²) < 4.78 is 13.4. The molecule has 148 valence electrons. The molecule has 0 radical (unpaired) electrons. The van der Waals surface area contributed by atoms with Crippen LogP contribution in [0.1, 0.15) is 0 Å². The number of H-pyrrole nitrogens is 2. The van der Waals surface area contributed by atoms with Gasteiger partial charge in [0.1, 0.15) is 11.3 Å². The van der Waals surface area contributed by atoms with Gasteiger partial charge in [-0.1, -0.05) is 24.3 Å². The Morgan fingerprint density at radius 3 is 2.48 bits per heavy atom. The van der Waals surface area contributed by atoms with Crippen molar-refractivity contribution < 1.29 is 4.39 Å². The van der Waals surface area contributed by atoms with E-state index in [1.54, 1.807) is 24.5 Å². The highest BCUT2D eigenvalue weighted by Crippen LogP contribution is 2.31. The minimum absolute atomic E-state index is 0.267. The third kappa shape index (κ3) is 2.95. The molecule has 0 spiro atoms. The van der Waals surface area contributed by atoms with Crippen molar-refractivity contribution in [2.45, 2.75) is 0 Å². The molecule has 0 saturated carbocycles. The number of halogens is 1. The van der Waals surface area contributed by atoms with Gasteiger partial charge in [-0.25, -0.2) is 14.4 Å². The van der Waals surface area contributed by atoms with E-state index < -0.39 is 0 Å². The molecule has 31 heavy (non-hydrogen) atoms. The average Bonchev–Trinajstić information content (AvgIpc) is 3.43. The molecule has 4 heterocycles. The third-order valence-corrected chi connectivity index (χ3v) is 5.26. The highest BCUT2D eigenvalue weighted by molar-refractivity contribution is 5.96. The molecule has 0 unspecified atom stereocenters. The maximum Gasteiger partial charge on any atom is 0.161 e. The van der Waals surface area contributed by atoms with Gasteiger partial charge in [-0.15, -0.1) is 0 Å². The number of benzene rings is 2. The Labute approximate surface area is 175 Å². The van der Waals surface area contributed by atoms with E-state index in [4.69, 9.17) is 9.97 Å². The molecule has 6 aromatic rings. The van der Waals surface area contributed by atoms with Gasteiger partial charge in [-0.3, -0.25) is 10.1 Å². The SMILES string of the molecule is Fc1ccc(-c2cccc3[nH]c(-c4n[nH]c5ccc(-c6cccnc6)nc45)nc23)cc1. The Bertz CT molecular complexity index is 1530. The van der Waals surface area contributed by atoms with Gasteiger partial charge in [0.15, 0.2) is 11.5 Å². The molecule has 0 aliphatic heterocycles. The summed E-state index contributed by atoms with van der Waals surface area (Å²) in [5.74, 6) is 0.351. The summed E-state index contributed by atoms with van der Waals surface area (Å²) in [7, 11) is 0. The van der Waals surface area contributed by atoms with Crippen molar-refractivity contribution in [1.82, 2.24) is 30.1 Å². The van der Waals surface area contributed by atoms with Gasteiger partial charge >= 0.3 is 0 Å². The zero-order chi connectivity index (χ0) is 20.8. The van der Waals surface area contributed by atoms with Gasteiger partial charge < -0.3 is 4.98 Å². The molecule has 6 rings (SSSR count). The van der Waals surface area contributed by atoms with Crippen LogP contribution in [0.3, 0.4) is 0 Å². The Morgan fingerprint density at radius 2 is 1.65 bits per heavy atom. The molecular weight excluding hydrogens is 391 g/mol. The molecular formula is C24H15FN6. The maximum atomic E-state index is 13.4. The highest BCUT2D eigenvalue weighted by atomic mass is 19.1. The number of aromatic nitrogens is 6. The Hall–Kier alpha value is -4.39. The van der Waals surface area contributed by atoms with Crippen LogP contribution in [0.4, 0.5) is 4.39 Å². The van der Waals surface area contributed by atoms with Crippen molar-refractivity contribution in [3.63, 3.8) is 0 Å². The maximum absolute atomic E-state index is 13.4. The smallest absolute Gasteiger partial charge is 0.161 e. The number of aromatic amines is 2. The van der Waals surface area contributed by atoms with E-state index in [0.717, 1.165) is 44.5 Å². The summed E-state index contributed by atoms with van der Waals surface area (Å²) >= 11 is 0. The van der Waals surface area contributed by atoms with Crippen LogP contribution in [0.2, 0.25) is 0 Å². The quantitative estimate of drug-likeness (QED) is 0.414. The van der Waals surface area contributed by atoms with E-state index in [0.29, 0.717) is 11.5 Å². The summed E-state index contributed by atoms with van der Waals surface area (Å²) in [6.07, 6.45) is 3.52. The average molecular weight is 406 g/mol. The molecule has 0 aliphatic rings. The zero-order valence-electron chi connectivity index (χ0n) is 16.2. The van der Waals surface area contributed by atoms with Crippen LogP contribution in [0.5, 0.6) is 0 Å². The minimum atomic E-state index is -0.267. The fraction of sp³-hybridized carbons (Fsp3) is 0. The first-order valence-electron chi connectivity index (χ1n) is 9.77. The first kappa shape index (κ1) is 17.5. The molecule has 2 aromatic carbocycles. The van der Waals surface area contributed by atoms with Crippen LogP contribution >= 0.6 is 0 Å². The fourth-order valence-corrected chi connectivity index (χ4v) is 3.75. The van der Waals surface area contributed by atoms with Gasteiger partial charge in [-0.05, 0) is 48.0 Å². The van der Waals surface area contributed by atoms with Crippen LogP contribution in [0, 0.1) is 5.82 Å². The molecule has 0 atom stereocenters. The van der Waals surface area contributed by atoms with E-state index in [-0.39, 0.29) is 5.82 Å². The summed E-state index contributed by atoms with van der Waals surface area (Å²) in [5, 5.41) is 7.50. The fourth-order valence-electron chi connectivity index (χ4n) is 3.75. The number of nitrogens with one attached hydrogen (secondary N) is 2. The van der Waals surface area contributed by atoms with Crippen LogP contribution in [0.15, 0.2) is 79.1 Å². The second-order valence-electron chi connectivity index (χ2n) is 7.20. The Morgan fingerprint density at radius 1 is 0.742 bits per heavy atom. The zero-order valence-corrected chi connectivity index (χ0v) is 16.2. The van der Waals surface area contributed by atoms with E-state index in [9.17, 15) is 4.39 Å². The molecule has 0 bridgehead atoms. The number of hydrogen-bond acceptors (Lipinski definition) is 4. The molecule has 0 saturated heterocycles. The molecule has 0 fully saturated rings. The number of fused-ring (bicyclic) bond motifs is 2. The first-order chi connectivity index (χ1) is 15.3. The van der Waals surface area contributed by atoms with E-state index in [1.165, 1.54) is 12.1 Å². The summed E-state index contributed by atoms with van der Waals surface area (Å²) in [4.78, 5) is 17.2. The minimum Gasteiger partial charge on any atom is -0.336 e. The third-order valence-electron chi connectivity index (χ3n) is 5.26. The van der Waals surface area contributed by atoms with Crippen molar-refractivity contribution in [2.24, 2.45) is 0 Å². The molecule has 7 heteroatoms. The van der Waals surface area contributed by atoms with Crippen molar-refractivity contribution in [1.29, 1.82) is 0 Å². The second-order valence-corrected chi connectivity index (χ2v) is 7.20. The monoisotopic (exact) mass is 406 g/mol. The molecule has 0 aliphatic carbocycles. The lowest BCUT2D eigenvalue weighted by molar-refractivity contribution is 0.628. The van der Waals surface area contributed by atoms with Crippen molar-refractivity contribution >= 4 is 22.1 Å². The standard InChI is InChI=1S/C24H15FN6/c25-16-8-6-14(7-9-16)17-4-1-5-19-21(17)29-24(28-19)23-22-20(30-31-23)11-10-18(27-22)15-3-2-12-26-13-15/h1-13H,(H,28,29)(H,30,31). The van der Waals surface area contributed by atoms with E-state index in [1.807, 2.05) is 42.5 Å². The number of para-hydroxylation sites is 1. The number of pyridine rings is 2. The van der Waals surface area contributed by atoms with E-state index >= 15 is 0 Å². The number of nitrogens with zero attached hydrogens (tertiary/aromatic N) is 4. The van der Waals surface area contributed by atoms with Crippen molar-refractivity contribution in [3.8, 4) is 33.9 Å². The first-order valence-corrected chi connectivity index (χ1v) is 9.77. The van der Waals surface area contributed by atoms with E-state index in [2.05, 4.69) is 20.2 Å². The van der Waals surface area contributed by atoms with Gasteiger partial charge in [0, 0.05) is 23.5 Å². The summed E-state index contributed by atoms with van der Waals surface area (Å²) in [6, 6.07) is 20.0. The summed E-state index contributed by atoms with van der Waals surface area (Å²) in [5.41, 5.74) is 7.41. The lowest BCUT2D eigenvalue weighted by atomic mass is 10.0. The number of imidazole rings is 1. The van der Waals surface area contributed by atoms with Gasteiger partial charge in [-0.2, -0.15) is 5.10 Å². The lowest BCUT2D eigenvalue weighted by Gasteiger charge is -2.02. The van der Waals surface area contributed by atoms with Crippen molar-refractivity contribution in [3.05, 3.63) is 84.9 Å². The predicted octanol–water partition coefficient (Wildman–Crippen LogP) is 5.37.